The van der Waals surface area contributed by atoms with Gasteiger partial charge >= 0.3 is 5.97 Å². The molecule has 2 atom stereocenters. The molecule has 1 fully saturated rings. The van der Waals surface area contributed by atoms with Crippen LogP contribution in [0.4, 0.5) is 0 Å². The number of aliphatic hydroxyl groups is 1. The Morgan fingerprint density at radius 2 is 2.06 bits per heavy atom. The molecule has 0 bridgehead atoms. The maximum atomic E-state index is 11.6. The molecule has 5 N–H and O–H groups in total. The molecule has 0 spiro atoms. The highest BCUT2D eigenvalue weighted by molar-refractivity contribution is 5.88. The summed E-state index contributed by atoms with van der Waals surface area (Å²) in [5.74, 6) is -2.21. The highest BCUT2D eigenvalue weighted by Gasteiger charge is 2.38. The SMILES string of the molecule is NCC(=O)NCC(=O)N1CC(O)CC1C(=O)O. The third-order valence-electron chi connectivity index (χ3n) is 2.51. The Hall–Kier alpha value is -1.67. The fourth-order valence-electron chi connectivity index (χ4n) is 1.67. The van der Waals surface area contributed by atoms with Gasteiger partial charge in [-0.2, -0.15) is 0 Å². The second-order valence-corrected chi connectivity index (χ2v) is 3.77. The van der Waals surface area contributed by atoms with Crippen LogP contribution in [0.25, 0.3) is 0 Å². The maximum Gasteiger partial charge on any atom is 0.326 e. The van der Waals surface area contributed by atoms with Crippen molar-refractivity contribution >= 4 is 17.8 Å². The molecule has 96 valence electrons. The van der Waals surface area contributed by atoms with E-state index in [1.807, 2.05) is 0 Å². The highest BCUT2D eigenvalue weighted by Crippen LogP contribution is 2.17. The first kappa shape index (κ1) is 13.4. The molecule has 0 aromatic heterocycles. The van der Waals surface area contributed by atoms with Crippen molar-refractivity contribution in [1.82, 2.24) is 10.2 Å². The van der Waals surface area contributed by atoms with E-state index in [0.717, 1.165) is 4.90 Å². The van der Waals surface area contributed by atoms with E-state index in [2.05, 4.69) is 5.32 Å². The fraction of sp³-hybridized carbons (Fsp3) is 0.667. The standard InChI is InChI=1S/C9H15N3O5/c10-2-7(14)11-3-8(15)12-4-5(13)1-6(12)9(16)17/h5-6,13H,1-4,10H2,(H,11,14)(H,16,17). The van der Waals surface area contributed by atoms with Crippen LogP contribution in [-0.2, 0) is 14.4 Å². The number of nitrogens with one attached hydrogen (secondary N) is 1. The molecule has 0 aliphatic carbocycles. The Morgan fingerprint density at radius 1 is 1.41 bits per heavy atom. The van der Waals surface area contributed by atoms with E-state index in [9.17, 15) is 19.5 Å². The van der Waals surface area contributed by atoms with Gasteiger partial charge in [-0.25, -0.2) is 4.79 Å². The molecule has 2 unspecified atom stereocenters. The number of carbonyl (C=O) groups excluding carboxylic acids is 2. The van der Waals surface area contributed by atoms with E-state index in [0.29, 0.717) is 0 Å². The summed E-state index contributed by atoms with van der Waals surface area (Å²) in [5, 5.41) is 20.4. The van der Waals surface area contributed by atoms with E-state index in [1.54, 1.807) is 0 Å². The minimum absolute atomic E-state index is 0.00586. The predicted molar refractivity (Wildman–Crippen MR) is 55.8 cm³/mol. The van der Waals surface area contributed by atoms with Crippen molar-refractivity contribution in [2.45, 2.75) is 18.6 Å². The minimum atomic E-state index is -1.17. The van der Waals surface area contributed by atoms with Crippen molar-refractivity contribution in [2.75, 3.05) is 19.6 Å². The van der Waals surface area contributed by atoms with Gasteiger partial charge in [0, 0.05) is 13.0 Å². The lowest BCUT2D eigenvalue weighted by Gasteiger charge is -2.21. The van der Waals surface area contributed by atoms with Gasteiger partial charge in [-0.1, -0.05) is 0 Å². The Kier molecular flexibility index (Phi) is 4.41. The molecule has 8 nitrogen and oxygen atoms in total. The molecule has 8 heteroatoms. The molecule has 0 aromatic rings. The molecule has 0 aromatic carbocycles. The van der Waals surface area contributed by atoms with Gasteiger partial charge in [-0.05, 0) is 0 Å². The second-order valence-electron chi connectivity index (χ2n) is 3.77. The van der Waals surface area contributed by atoms with Crippen LogP contribution >= 0.6 is 0 Å². The topological polar surface area (TPSA) is 133 Å². The molecule has 1 aliphatic rings. The smallest absolute Gasteiger partial charge is 0.326 e. The number of aliphatic carboxylic acids is 1. The zero-order chi connectivity index (χ0) is 13.0. The number of likely N-dealkylation sites (tertiary alicyclic amines) is 1. The van der Waals surface area contributed by atoms with Crippen molar-refractivity contribution < 1.29 is 24.6 Å². The third kappa shape index (κ3) is 3.40. The average Bonchev–Trinajstić information content (AvgIpc) is 2.67. The number of carboxylic acid groups (broad SMARTS) is 1. The summed E-state index contributed by atoms with van der Waals surface area (Å²) in [6.45, 7) is -0.584. The Labute approximate surface area is 97.4 Å². The monoisotopic (exact) mass is 245 g/mol. The summed E-state index contributed by atoms with van der Waals surface area (Å²) in [5.41, 5.74) is 5.04. The van der Waals surface area contributed by atoms with Gasteiger partial charge in [0.15, 0.2) is 0 Å². The van der Waals surface area contributed by atoms with E-state index >= 15 is 0 Å². The summed E-state index contributed by atoms with van der Waals surface area (Å²) in [4.78, 5) is 34.3. The van der Waals surface area contributed by atoms with Gasteiger partial charge in [0.05, 0.1) is 19.2 Å². The zero-order valence-corrected chi connectivity index (χ0v) is 9.13. The van der Waals surface area contributed by atoms with Crippen LogP contribution in [-0.4, -0.2) is 64.7 Å². The van der Waals surface area contributed by atoms with Gasteiger partial charge < -0.3 is 26.2 Å². The van der Waals surface area contributed by atoms with Crippen LogP contribution < -0.4 is 11.1 Å². The van der Waals surface area contributed by atoms with E-state index < -0.39 is 29.9 Å². The summed E-state index contributed by atoms with van der Waals surface area (Å²) in [6, 6.07) is -1.03. The molecular weight excluding hydrogens is 230 g/mol. The maximum absolute atomic E-state index is 11.6. The molecule has 1 saturated heterocycles. The van der Waals surface area contributed by atoms with E-state index in [1.165, 1.54) is 0 Å². The van der Waals surface area contributed by atoms with Crippen LogP contribution in [0.15, 0.2) is 0 Å². The van der Waals surface area contributed by atoms with E-state index in [4.69, 9.17) is 10.8 Å². The molecule has 0 saturated carbocycles. The molecule has 17 heavy (non-hydrogen) atoms. The number of carboxylic acids is 1. The van der Waals surface area contributed by atoms with Crippen molar-refractivity contribution in [3.05, 3.63) is 0 Å². The van der Waals surface area contributed by atoms with Crippen LogP contribution in [0.1, 0.15) is 6.42 Å². The number of nitrogens with two attached hydrogens (primary N) is 1. The first-order valence-electron chi connectivity index (χ1n) is 5.12. The molecule has 0 radical (unpaired) electrons. The van der Waals surface area contributed by atoms with Crippen molar-refractivity contribution in [2.24, 2.45) is 5.73 Å². The summed E-state index contributed by atoms with van der Waals surface area (Å²) in [6.07, 6.45) is -0.836. The summed E-state index contributed by atoms with van der Waals surface area (Å²) in [7, 11) is 0. The lowest BCUT2D eigenvalue weighted by atomic mass is 10.2. The number of hydrogen-bond donors (Lipinski definition) is 4. The Bertz CT molecular complexity index is 333. The molecule has 1 heterocycles. The van der Waals surface area contributed by atoms with Crippen LogP contribution in [0.3, 0.4) is 0 Å². The lowest BCUT2D eigenvalue weighted by Crippen LogP contribution is -2.46. The van der Waals surface area contributed by atoms with Crippen LogP contribution in [0, 0.1) is 0 Å². The number of β-amino-alcohol motifs (C(OH)–C–C–N with tert-alkyl or cyclic N) is 1. The average molecular weight is 245 g/mol. The van der Waals surface area contributed by atoms with Crippen LogP contribution in [0.2, 0.25) is 0 Å². The number of amides is 2. The number of aliphatic hydroxyl groups excluding tert-OH is 1. The Balaban J connectivity index is 2.55. The summed E-state index contributed by atoms with van der Waals surface area (Å²) >= 11 is 0. The third-order valence-corrected chi connectivity index (χ3v) is 2.51. The number of nitrogens with zero attached hydrogens (tertiary/aromatic N) is 1. The van der Waals surface area contributed by atoms with Crippen LogP contribution in [0.5, 0.6) is 0 Å². The van der Waals surface area contributed by atoms with Gasteiger partial charge in [0.2, 0.25) is 11.8 Å². The van der Waals surface area contributed by atoms with Gasteiger partial charge in [-0.15, -0.1) is 0 Å². The predicted octanol–water partition coefficient (Wildman–Crippen LogP) is -2.89. The lowest BCUT2D eigenvalue weighted by molar-refractivity contribution is -0.148. The van der Waals surface area contributed by atoms with Gasteiger partial charge in [0.1, 0.15) is 6.04 Å². The zero-order valence-electron chi connectivity index (χ0n) is 9.13. The highest BCUT2D eigenvalue weighted by atomic mass is 16.4. The number of carbonyl (C=O) groups is 3. The normalized spacial score (nSPS) is 23.5. The fourth-order valence-corrected chi connectivity index (χ4v) is 1.67. The first-order valence-corrected chi connectivity index (χ1v) is 5.12. The number of rotatable bonds is 4. The second kappa shape index (κ2) is 5.60. The van der Waals surface area contributed by atoms with Crippen molar-refractivity contribution in [3.63, 3.8) is 0 Å². The van der Waals surface area contributed by atoms with E-state index in [-0.39, 0.29) is 26.1 Å². The quantitative estimate of drug-likeness (QED) is 0.420. The molecule has 2 amide bonds. The molecule has 1 rings (SSSR count). The molecule has 1 aliphatic heterocycles. The Morgan fingerprint density at radius 3 is 2.59 bits per heavy atom. The summed E-state index contributed by atoms with van der Waals surface area (Å²) < 4.78 is 0. The first-order chi connectivity index (χ1) is 7.95. The van der Waals surface area contributed by atoms with Gasteiger partial charge in [-0.3, -0.25) is 9.59 Å². The van der Waals surface area contributed by atoms with Gasteiger partial charge in [0.25, 0.3) is 0 Å². The number of hydrogen-bond acceptors (Lipinski definition) is 5. The minimum Gasteiger partial charge on any atom is -0.480 e. The van der Waals surface area contributed by atoms with Crippen molar-refractivity contribution in [3.8, 4) is 0 Å². The van der Waals surface area contributed by atoms with Crippen molar-refractivity contribution in [1.29, 1.82) is 0 Å². The largest absolute Gasteiger partial charge is 0.480 e. The molecular formula is C9H15N3O5.